The number of allylic oxidation sites excluding steroid dienone is 1. The van der Waals surface area contributed by atoms with Crippen molar-refractivity contribution in [2.24, 2.45) is 11.8 Å². The summed E-state index contributed by atoms with van der Waals surface area (Å²) in [6, 6.07) is 0. The molecule has 0 aromatic rings. The van der Waals surface area contributed by atoms with Crippen LogP contribution in [0.5, 0.6) is 0 Å². The van der Waals surface area contributed by atoms with Crippen molar-refractivity contribution in [2.75, 3.05) is 0 Å². The molecule has 14 heavy (non-hydrogen) atoms. The summed E-state index contributed by atoms with van der Waals surface area (Å²) in [6.07, 6.45) is 5.39. The first-order valence-electron chi connectivity index (χ1n) is 5.07. The Morgan fingerprint density at radius 2 is 1.79 bits per heavy atom. The third-order valence-electron chi connectivity index (χ3n) is 3.13. The van der Waals surface area contributed by atoms with Crippen LogP contribution in [0, 0.1) is 11.8 Å². The molecule has 2 bridgehead atoms. The van der Waals surface area contributed by atoms with Gasteiger partial charge in [-0.15, -0.1) is 0 Å². The minimum Gasteiger partial charge on any atom is -0.478 e. The van der Waals surface area contributed by atoms with Gasteiger partial charge in [-0.1, -0.05) is 5.57 Å². The molecule has 2 rings (SSSR count). The second-order valence-electron chi connectivity index (χ2n) is 4.46. The van der Waals surface area contributed by atoms with Gasteiger partial charge in [-0.25, -0.2) is 4.79 Å². The Morgan fingerprint density at radius 3 is 2.29 bits per heavy atom. The van der Waals surface area contributed by atoms with Gasteiger partial charge in [0.05, 0.1) is 0 Å². The number of carboxylic acid groups (broad SMARTS) is 1. The van der Waals surface area contributed by atoms with Crippen molar-refractivity contribution in [1.82, 2.24) is 0 Å². The predicted octanol–water partition coefficient (Wildman–Crippen LogP) is 1.78. The number of hydrogen-bond donors (Lipinski definition) is 1. The molecule has 2 saturated carbocycles. The molecule has 0 heterocycles. The summed E-state index contributed by atoms with van der Waals surface area (Å²) in [6.45, 7) is 0. The number of hydrogen-bond acceptors (Lipinski definition) is 2. The highest BCUT2D eigenvalue weighted by molar-refractivity contribution is 5.82. The zero-order valence-corrected chi connectivity index (χ0v) is 8.03. The molecule has 0 radical (unpaired) electrons. The summed E-state index contributed by atoms with van der Waals surface area (Å²) in [7, 11) is 0. The fourth-order valence-corrected chi connectivity index (χ4v) is 2.79. The number of ketones is 1. The molecular weight excluding hydrogens is 180 g/mol. The molecule has 0 saturated heterocycles. The van der Waals surface area contributed by atoms with Crippen LogP contribution in [0.2, 0.25) is 0 Å². The molecule has 2 unspecified atom stereocenters. The molecule has 1 N–H and O–H groups in total. The molecule has 0 aromatic carbocycles. The van der Waals surface area contributed by atoms with E-state index in [1.165, 1.54) is 6.08 Å². The van der Waals surface area contributed by atoms with Gasteiger partial charge in [0.15, 0.2) is 0 Å². The van der Waals surface area contributed by atoms with Crippen LogP contribution in [0.4, 0.5) is 0 Å². The number of rotatable bonds is 1. The van der Waals surface area contributed by atoms with Crippen LogP contribution >= 0.6 is 0 Å². The number of carbonyl (C=O) groups excluding carboxylic acids is 1. The van der Waals surface area contributed by atoms with Gasteiger partial charge >= 0.3 is 5.97 Å². The second-order valence-corrected chi connectivity index (χ2v) is 4.46. The monoisotopic (exact) mass is 194 g/mol. The fourth-order valence-electron chi connectivity index (χ4n) is 2.79. The predicted molar refractivity (Wildman–Crippen MR) is 50.8 cm³/mol. The van der Waals surface area contributed by atoms with E-state index >= 15 is 0 Å². The van der Waals surface area contributed by atoms with Crippen LogP contribution in [0.1, 0.15) is 32.1 Å². The van der Waals surface area contributed by atoms with E-state index in [9.17, 15) is 9.59 Å². The standard InChI is InChI=1S/C11H14O3/c12-10-4-7-1-8(5-10)3-9(2-7)6-11(13)14/h6-8H,1-5H2,(H,13,14). The maximum atomic E-state index is 11.3. The van der Waals surface area contributed by atoms with E-state index in [2.05, 4.69) is 0 Å². The lowest BCUT2D eigenvalue weighted by Gasteiger charge is -2.34. The highest BCUT2D eigenvalue weighted by atomic mass is 16.4. The van der Waals surface area contributed by atoms with Crippen LogP contribution in [-0.4, -0.2) is 16.9 Å². The van der Waals surface area contributed by atoms with E-state index in [1.807, 2.05) is 0 Å². The van der Waals surface area contributed by atoms with E-state index in [1.54, 1.807) is 0 Å². The van der Waals surface area contributed by atoms with Crippen molar-refractivity contribution >= 4 is 11.8 Å². The van der Waals surface area contributed by atoms with Crippen molar-refractivity contribution in [3.8, 4) is 0 Å². The first kappa shape index (κ1) is 9.44. The van der Waals surface area contributed by atoms with Crippen LogP contribution in [-0.2, 0) is 9.59 Å². The summed E-state index contributed by atoms with van der Waals surface area (Å²) >= 11 is 0. The molecule has 3 nitrogen and oxygen atoms in total. The molecular formula is C11H14O3. The Bertz CT molecular complexity index is 286. The van der Waals surface area contributed by atoms with Crippen LogP contribution in [0.15, 0.2) is 11.6 Å². The van der Waals surface area contributed by atoms with Crippen molar-refractivity contribution in [3.05, 3.63) is 11.6 Å². The molecule has 3 heteroatoms. The van der Waals surface area contributed by atoms with Gasteiger partial charge in [0.1, 0.15) is 5.78 Å². The Hall–Kier alpha value is -1.12. The maximum Gasteiger partial charge on any atom is 0.328 e. The second kappa shape index (κ2) is 3.56. The lowest BCUT2D eigenvalue weighted by Crippen LogP contribution is -2.28. The fraction of sp³-hybridized carbons (Fsp3) is 0.636. The van der Waals surface area contributed by atoms with Crippen molar-refractivity contribution < 1.29 is 14.7 Å². The molecule has 2 aliphatic carbocycles. The van der Waals surface area contributed by atoms with Gasteiger partial charge in [0.2, 0.25) is 0 Å². The summed E-state index contributed by atoms with van der Waals surface area (Å²) < 4.78 is 0. The number of carboxylic acids is 1. The molecule has 76 valence electrons. The number of Topliss-reactive ketones (excluding diaryl/α,β-unsaturated/α-hetero) is 1. The lowest BCUT2D eigenvalue weighted by molar-refractivity contribution is -0.131. The molecule has 0 amide bonds. The molecule has 2 aliphatic rings. The summed E-state index contributed by atoms with van der Waals surface area (Å²) in [4.78, 5) is 21.8. The van der Waals surface area contributed by atoms with Crippen molar-refractivity contribution in [1.29, 1.82) is 0 Å². The topological polar surface area (TPSA) is 54.4 Å². The Morgan fingerprint density at radius 1 is 1.21 bits per heavy atom. The molecule has 0 aliphatic heterocycles. The quantitative estimate of drug-likeness (QED) is 0.647. The largest absolute Gasteiger partial charge is 0.478 e. The van der Waals surface area contributed by atoms with Crippen LogP contribution in [0.25, 0.3) is 0 Å². The third-order valence-corrected chi connectivity index (χ3v) is 3.13. The minimum atomic E-state index is -0.855. The van der Waals surface area contributed by atoms with Gasteiger partial charge in [0, 0.05) is 18.9 Å². The molecule has 0 spiro atoms. The van der Waals surface area contributed by atoms with E-state index in [0.29, 0.717) is 30.5 Å². The zero-order valence-electron chi connectivity index (χ0n) is 8.03. The smallest absolute Gasteiger partial charge is 0.328 e. The number of carbonyl (C=O) groups is 2. The van der Waals surface area contributed by atoms with Gasteiger partial charge < -0.3 is 5.11 Å². The Balaban J connectivity index is 2.09. The average molecular weight is 194 g/mol. The summed E-state index contributed by atoms with van der Waals surface area (Å²) in [5.74, 6) is 0.341. The van der Waals surface area contributed by atoms with Gasteiger partial charge in [0.25, 0.3) is 0 Å². The Labute approximate surface area is 82.8 Å². The average Bonchev–Trinajstić information content (AvgIpc) is 1.99. The van der Waals surface area contributed by atoms with E-state index in [-0.39, 0.29) is 0 Å². The number of aliphatic carboxylic acids is 1. The minimum absolute atomic E-state index is 0.362. The third kappa shape index (κ3) is 2.03. The first-order chi connectivity index (χ1) is 6.63. The SMILES string of the molecule is O=C(O)C=C1CC2CC(=O)CC(C1)C2. The number of fused-ring (bicyclic) bond motifs is 2. The van der Waals surface area contributed by atoms with Crippen LogP contribution in [0.3, 0.4) is 0 Å². The zero-order chi connectivity index (χ0) is 10.1. The molecule has 0 aromatic heterocycles. The van der Waals surface area contributed by atoms with Gasteiger partial charge in [-0.05, 0) is 31.1 Å². The highest BCUT2D eigenvalue weighted by Gasteiger charge is 2.32. The van der Waals surface area contributed by atoms with E-state index in [0.717, 1.165) is 24.8 Å². The van der Waals surface area contributed by atoms with E-state index < -0.39 is 5.97 Å². The summed E-state index contributed by atoms with van der Waals surface area (Å²) in [5.41, 5.74) is 1.02. The van der Waals surface area contributed by atoms with Gasteiger partial charge in [-0.3, -0.25) is 4.79 Å². The first-order valence-corrected chi connectivity index (χ1v) is 5.07. The van der Waals surface area contributed by atoms with Crippen LogP contribution < -0.4 is 0 Å². The molecule has 2 fully saturated rings. The summed E-state index contributed by atoms with van der Waals surface area (Å²) in [5, 5.41) is 8.64. The van der Waals surface area contributed by atoms with Gasteiger partial charge in [-0.2, -0.15) is 0 Å². The molecule has 2 atom stereocenters. The van der Waals surface area contributed by atoms with Crippen molar-refractivity contribution in [3.63, 3.8) is 0 Å². The Kier molecular flexibility index (Phi) is 2.40. The highest BCUT2D eigenvalue weighted by Crippen LogP contribution is 2.40. The van der Waals surface area contributed by atoms with E-state index in [4.69, 9.17) is 5.11 Å². The normalized spacial score (nSPS) is 31.4. The maximum absolute atomic E-state index is 11.3. The lowest BCUT2D eigenvalue weighted by atomic mass is 9.70. The van der Waals surface area contributed by atoms with Crippen molar-refractivity contribution in [2.45, 2.75) is 32.1 Å².